The van der Waals surface area contributed by atoms with E-state index in [1.54, 1.807) is 24.5 Å². The maximum absolute atomic E-state index is 12.5. The number of benzene rings is 1. The quantitative estimate of drug-likeness (QED) is 0.715. The molecule has 0 unspecified atom stereocenters. The number of rotatable bonds is 6. The van der Waals surface area contributed by atoms with Crippen LogP contribution in [0.25, 0.3) is 6.08 Å². The predicted molar refractivity (Wildman–Crippen MR) is 110 cm³/mol. The fourth-order valence-corrected chi connectivity index (χ4v) is 3.93. The highest BCUT2D eigenvalue weighted by Gasteiger charge is 2.20. The third kappa shape index (κ3) is 5.17. The van der Waals surface area contributed by atoms with E-state index in [9.17, 15) is 4.79 Å². The normalized spacial score (nSPS) is 15.4. The first-order valence-electron chi connectivity index (χ1n) is 9.36. The molecular weight excluding hydrogens is 358 g/mol. The van der Waals surface area contributed by atoms with Gasteiger partial charge < -0.3 is 9.64 Å². The average molecular weight is 386 g/mol. The first-order chi connectivity index (χ1) is 13.1. The van der Waals surface area contributed by atoms with Crippen LogP contribution in [0.2, 0.25) is 0 Å². The third-order valence-electron chi connectivity index (χ3n) is 4.76. The van der Waals surface area contributed by atoms with Crippen molar-refractivity contribution in [3.05, 3.63) is 51.5 Å². The van der Waals surface area contributed by atoms with E-state index >= 15 is 0 Å². The number of hydrogen-bond donors (Lipinski definition) is 0. The molecule has 0 spiro atoms. The molecule has 0 atom stereocenters. The summed E-state index contributed by atoms with van der Waals surface area (Å²) in [6.07, 6.45) is 4.49. The number of nitrogens with zero attached hydrogens (tertiary/aromatic N) is 3. The maximum atomic E-state index is 12.5. The van der Waals surface area contributed by atoms with Crippen molar-refractivity contribution in [2.75, 3.05) is 33.3 Å². The zero-order chi connectivity index (χ0) is 19.2. The lowest BCUT2D eigenvalue weighted by Gasteiger charge is -2.33. The van der Waals surface area contributed by atoms with Gasteiger partial charge in [-0.2, -0.15) is 0 Å². The molecular formula is C21H27N3O2S. The minimum atomic E-state index is 0.0557. The molecule has 1 aliphatic rings. The van der Waals surface area contributed by atoms with E-state index in [-0.39, 0.29) is 5.91 Å². The Balaban J connectivity index is 1.53. The highest BCUT2D eigenvalue weighted by molar-refractivity contribution is 7.09. The van der Waals surface area contributed by atoms with Crippen molar-refractivity contribution in [3.63, 3.8) is 0 Å². The summed E-state index contributed by atoms with van der Waals surface area (Å²) >= 11 is 1.73. The summed E-state index contributed by atoms with van der Waals surface area (Å²) in [5.41, 5.74) is 3.22. The second-order valence-corrected chi connectivity index (χ2v) is 7.71. The van der Waals surface area contributed by atoms with Crippen LogP contribution in [0.15, 0.2) is 29.7 Å². The molecule has 6 heteroatoms. The SMILES string of the molecule is CCc1nc(CN2CCN(C(=O)/C=C/c3cc(C)ccc3OC)CC2)cs1. The summed E-state index contributed by atoms with van der Waals surface area (Å²) in [7, 11) is 1.65. The number of amides is 1. The van der Waals surface area contributed by atoms with Crippen molar-refractivity contribution in [3.8, 4) is 5.75 Å². The van der Waals surface area contributed by atoms with Crippen LogP contribution < -0.4 is 4.74 Å². The Kier molecular flexibility index (Phi) is 6.63. The average Bonchev–Trinajstić information content (AvgIpc) is 3.14. The summed E-state index contributed by atoms with van der Waals surface area (Å²) in [5.74, 6) is 0.837. The molecule has 1 saturated heterocycles. The minimum Gasteiger partial charge on any atom is -0.496 e. The third-order valence-corrected chi connectivity index (χ3v) is 5.80. The van der Waals surface area contributed by atoms with Gasteiger partial charge in [-0.1, -0.05) is 18.6 Å². The molecule has 2 aromatic rings. The summed E-state index contributed by atoms with van der Waals surface area (Å²) < 4.78 is 5.37. The lowest BCUT2D eigenvalue weighted by atomic mass is 10.1. The summed E-state index contributed by atoms with van der Waals surface area (Å²) in [4.78, 5) is 21.4. The highest BCUT2D eigenvalue weighted by atomic mass is 32.1. The second-order valence-electron chi connectivity index (χ2n) is 6.77. The molecule has 1 aromatic carbocycles. The maximum Gasteiger partial charge on any atom is 0.246 e. The Bertz CT molecular complexity index is 808. The lowest BCUT2D eigenvalue weighted by molar-refractivity contribution is -0.127. The first-order valence-corrected chi connectivity index (χ1v) is 10.2. The standard InChI is InChI=1S/C21H27N3O2S/c1-4-20-22-18(15-27-20)14-23-9-11-24(12-10-23)21(25)8-6-17-13-16(2)5-7-19(17)26-3/h5-8,13,15H,4,9-12,14H2,1-3H3/b8-6+. The number of thiazole rings is 1. The highest BCUT2D eigenvalue weighted by Crippen LogP contribution is 2.21. The topological polar surface area (TPSA) is 45.7 Å². The van der Waals surface area contributed by atoms with E-state index in [4.69, 9.17) is 4.74 Å². The Hall–Kier alpha value is -2.18. The summed E-state index contributed by atoms with van der Waals surface area (Å²) in [6.45, 7) is 8.29. The van der Waals surface area contributed by atoms with Gasteiger partial charge in [0, 0.05) is 49.7 Å². The number of ether oxygens (including phenoxy) is 1. The van der Waals surface area contributed by atoms with Gasteiger partial charge in [-0.25, -0.2) is 4.98 Å². The fraction of sp³-hybridized carbons (Fsp3) is 0.429. The van der Waals surface area contributed by atoms with Gasteiger partial charge in [-0.05, 0) is 31.6 Å². The molecule has 1 amide bonds. The molecule has 5 nitrogen and oxygen atoms in total. The van der Waals surface area contributed by atoms with Crippen molar-refractivity contribution < 1.29 is 9.53 Å². The molecule has 0 N–H and O–H groups in total. The minimum absolute atomic E-state index is 0.0557. The van der Waals surface area contributed by atoms with Crippen molar-refractivity contribution in [1.29, 1.82) is 0 Å². The van der Waals surface area contributed by atoms with E-state index in [2.05, 4.69) is 22.2 Å². The largest absolute Gasteiger partial charge is 0.496 e. The molecule has 2 heterocycles. The molecule has 1 fully saturated rings. The Labute approximate surface area is 165 Å². The second kappa shape index (κ2) is 9.15. The lowest BCUT2D eigenvalue weighted by Crippen LogP contribution is -2.47. The number of aromatic nitrogens is 1. The van der Waals surface area contributed by atoms with E-state index < -0.39 is 0 Å². The zero-order valence-electron chi connectivity index (χ0n) is 16.3. The van der Waals surface area contributed by atoms with Gasteiger partial charge in [-0.3, -0.25) is 9.69 Å². The molecule has 144 valence electrons. The van der Waals surface area contributed by atoms with Gasteiger partial charge in [0.15, 0.2) is 0 Å². The van der Waals surface area contributed by atoms with Gasteiger partial charge >= 0.3 is 0 Å². The van der Waals surface area contributed by atoms with E-state index in [1.807, 2.05) is 36.1 Å². The van der Waals surface area contributed by atoms with Crippen LogP contribution in [0.5, 0.6) is 5.75 Å². The van der Waals surface area contributed by atoms with Gasteiger partial charge in [0.25, 0.3) is 0 Å². The summed E-state index contributed by atoms with van der Waals surface area (Å²) in [6, 6.07) is 5.96. The molecule has 3 rings (SSSR count). The van der Waals surface area contributed by atoms with Gasteiger partial charge in [-0.15, -0.1) is 11.3 Å². The van der Waals surface area contributed by atoms with Crippen molar-refractivity contribution in [2.24, 2.45) is 0 Å². The van der Waals surface area contributed by atoms with Crippen LogP contribution in [-0.4, -0.2) is 54.0 Å². The Morgan fingerprint density at radius 2 is 2.07 bits per heavy atom. The van der Waals surface area contributed by atoms with Gasteiger partial charge in [0.05, 0.1) is 17.8 Å². The van der Waals surface area contributed by atoms with Crippen molar-refractivity contribution in [1.82, 2.24) is 14.8 Å². The molecule has 0 saturated carbocycles. The van der Waals surface area contributed by atoms with E-state index in [0.717, 1.165) is 61.7 Å². The molecule has 27 heavy (non-hydrogen) atoms. The first kappa shape index (κ1) is 19.6. The number of aryl methyl sites for hydroxylation is 2. The van der Waals surface area contributed by atoms with Crippen molar-refractivity contribution >= 4 is 23.3 Å². The number of carbonyl (C=O) groups is 1. The molecule has 0 bridgehead atoms. The smallest absolute Gasteiger partial charge is 0.246 e. The molecule has 1 aliphatic heterocycles. The number of piperazine rings is 1. The van der Waals surface area contributed by atoms with Crippen LogP contribution in [0, 0.1) is 6.92 Å². The van der Waals surface area contributed by atoms with Gasteiger partial charge in [0.2, 0.25) is 5.91 Å². The zero-order valence-corrected chi connectivity index (χ0v) is 17.1. The van der Waals surface area contributed by atoms with Crippen LogP contribution in [0.1, 0.15) is 28.8 Å². The number of methoxy groups -OCH3 is 1. The molecule has 1 aromatic heterocycles. The van der Waals surface area contributed by atoms with Crippen LogP contribution >= 0.6 is 11.3 Å². The predicted octanol–water partition coefficient (Wildman–Crippen LogP) is 3.38. The molecule has 0 radical (unpaired) electrons. The van der Waals surface area contributed by atoms with E-state index in [0.29, 0.717) is 0 Å². The summed E-state index contributed by atoms with van der Waals surface area (Å²) in [5, 5.41) is 3.34. The Morgan fingerprint density at radius 1 is 1.30 bits per heavy atom. The van der Waals surface area contributed by atoms with E-state index in [1.165, 1.54) is 5.01 Å². The van der Waals surface area contributed by atoms with Crippen LogP contribution in [0.3, 0.4) is 0 Å². The van der Waals surface area contributed by atoms with Crippen molar-refractivity contribution in [2.45, 2.75) is 26.8 Å². The van der Waals surface area contributed by atoms with Gasteiger partial charge in [0.1, 0.15) is 5.75 Å². The monoisotopic (exact) mass is 385 g/mol. The fourth-order valence-electron chi connectivity index (χ4n) is 3.19. The molecule has 0 aliphatic carbocycles. The van der Waals surface area contributed by atoms with Crippen LogP contribution in [-0.2, 0) is 17.8 Å². The Morgan fingerprint density at radius 3 is 2.74 bits per heavy atom. The van der Waals surface area contributed by atoms with Crippen LogP contribution in [0.4, 0.5) is 0 Å². The number of carbonyl (C=O) groups excluding carboxylic acids is 1. The number of hydrogen-bond acceptors (Lipinski definition) is 5.